The molecule has 1 aliphatic carbocycles. The first kappa shape index (κ1) is 17.7. The van der Waals surface area contributed by atoms with Crippen molar-refractivity contribution in [3.63, 3.8) is 0 Å². The number of rotatable bonds is 6. The van der Waals surface area contributed by atoms with Crippen LogP contribution in [0, 0.1) is 19.8 Å². The van der Waals surface area contributed by atoms with E-state index in [0.29, 0.717) is 24.0 Å². The SMILES string of the molecule is COc1c(C)cc(S(=O)(=O)N2CCC(NCC3CC3)CC2)cc1C. The van der Waals surface area contributed by atoms with Crippen molar-refractivity contribution < 1.29 is 13.2 Å². The molecule has 134 valence electrons. The molecule has 0 aromatic heterocycles. The van der Waals surface area contributed by atoms with Crippen LogP contribution in [0.5, 0.6) is 5.75 Å². The fourth-order valence-corrected chi connectivity index (χ4v) is 5.13. The summed E-state index contributed by atoms with van der Waals surface area (Å²) >= 11 is 0. The van der Waals surface area contributed by atoms with Gasteiger partial charge in [0.05, 0.1) is 12.0 Å². The van der Waals surface area contributed by atoms with E-state index in [9.17, 15) is 8.42 Å². The Bertz CT molecular complexity index is 667. The topological polar surface area (TPSA) is 58.6 Å². The van der Waals surface area contributed by atoms with E-state index in [1.165, 1.54) is 12.8 Å². The first-order chi connectivity index (χ1) is 11.4. The van der Waals surface area contributed by atoms with Crippen LogP contribution in [0.2, 0.25) is 0 Å². The Hall–Kier alpha value is -1.11. The van der Waals surface area contributed by atoms with Crippen LogP contribution in [0.25, 0.3) is 0 Å². The fraction of sp³-hybridized carbons (Fsp3) is 0.667. The fourth-order valence-electron chi connectivity index (χ4n) is 3.49. The lowest BCUT2D eigenvalue weighted by atomic mass is 10.1. The lowest BCUT2D eigenvalue weighted by Gasteiger charge is -2.32. The van der Waals surface area contributed by atoms with E-state index in [4.69, 9.17) is 4.74 Å². The Morgan fingerprint density at radius 2 is 1.71 bits per heavy atom. The molecule has 0 bridgehead atoms. The number of piperidine rings is 1. The number of sulfonamides is 1. The molecule has 1 saturated carbocycles. The molecule has 1 aromatic carbocycles. The van der Waals surface area contributed by atoms with E-state index in [2.05, 4.69) is 5.32 Å². The number of hydrogen-bond donors (Lipinski definition) is 1. The van der Waals surface area contributed by atoms with Crippen molar-refractivity contribution in [1.29, 1.82) is 0 Å². The smallest absolute Gasteiger partial charge is 0.243 e. The van der Waals surface area contributed by atoms with Crippen molar-refractivity contribution >= 4 is 10.0 Å². The van der Waals surface area contributed by atoms with Crippen LogP contribution in [0.4, 0.5) is 0 Å². The van der Waals surface area contributed by atoms with Crippen LogP contribution in [0.15, 0.2) is 17.0 Å². The van der Waals surface area contributed by atoms with Gasteiger partial charge < -0.3 is 10.1 Å². The number of benzene rings is 1. The molecule has 6 heteroatoms. The third-order valence-corrected chi connectivity index (χ3v) is 7.00. The molecule has 5 nitrogen and oxygen atoms in total. The van der Waals surface area contributed by atoms with Crippen LogP contribution < -0.4 is 10.1 Å². The summed E-state index contributed by atoms with van der Waals surface area (Å²) in [5.41, 5.74) is 1.72. The van der Waals surface area contributed by atoms with Gasteiger partial charge in [0.15, 0.2) is 0 Å². The van der Waals surface area contributed by atoms with E-state index in [0.717, 1.165) is 42.2 Å². The molecule has 1 heterocycles. The number of ether oxygens (including phenoxy) is 1. The molecule has 0 radical (unpaired) electrons. The maximum atomic E-state index is 12.9. The zero-order valence-corrected chi connectivity index (χ0v) is 15.7. The molecule has 2 fully saturated rings. The highest BCUT2D eigenvalue weighted by Crippen LogP contribution is 2.30. The number of nitrogens with one attached hydrogen (secondary N) is 1. The third-order valence-electron chi connectivity index (χ3n) is 5.12. The highest BCUT2D eigenvalue weighted by atomic mass is 32.2. The zero-order valence-electron chi connectivity index (χ0n) is 14.8. The minimum atomic E-state index is -3.42. The maximum absolute atomic E-state index is 12.9. The van der Waals surface area contributed by atoms with Crippen molar-refractivity contribution in [3.05, 3.63) is 23.3 Å². The molecule has 24 heavy (non-hydrogen) atoms. The lowest BCUT2D eigenvalue weighted by molar-refractivity contribution is 0.288. The molecule has 0 amide bonds. The molecule has 1 aromatic rings. The summed E-state index contributed by atoms with van der Waals surface area (Å²) in [6, 6.07) is 3.90. The Kier molecular flexibility index (Phi) is 5.18. The second-order valence-corrected chi connectivity index (χ2v) is 9.06. The van der Waals surface area contributed by atoms with Crippen LogP contribution in [0.1, 0.15) is 36.8 Å². The molecule has 0 unspecified atom stereocenters. The molecular weight excluding hydrogens is 324 g/mol. The largest absolute Gasteiger partial charge is 0.496 e. The number of hydrogen-bond acceptors (Lipinski definition) is 4. The summed E-state index contributed by atoms with van der Waals surface area (Å²) in [5, 5.41) is 3.59. The van der Waals surface area contributed by atoms with E-state index in [-0.39, 0.29) is 0 Å². The van der Waals surface area contributed by atoms with Crippen molar-refractivity contribution in [2.24, 2.45) is 5.92 Å². The molecule has 1 N–H and O–H groups in total. The Balaban J connectivity index is 1.67. The van der Waals surface area contributed by atoms with Gasteiger partial charge in [0, 0.05) is 19.1 Å². The molecule has 3 rings (SSSR count). The second-order valence-electron chi connectivity index (χ2n) is 7.12. The van der Waals surface area contributed by atoms with Crippen molar-refractivity contribution in [2.75, 3.05) is 26.7 Å². The normalized spacial score (nSPS) is 20.3. The second kappa shape index (κ2) is 7.02. The average Bonchev–Trinajstić information content (AvgIpc) is 3.37. The first-order valence-electron chi connectivity index (χ1n) is 8.80. The van der Waals surface area contributed by atoms with Crippen LogP contribution >= 0.6 is 0 Å². The van der Waals surface area contributed by atoms with Gasteiger partial charge in [-0.15, -0.1) is 0 Å². The predicted molar refractivity (Wildman–Crippen MR) is 95.0 cm³/mol. The molecule has 0 spiro atoms. The van der Waals surface area contributed by atoms with Gasteiger partial charge in [-0.3, -0.25) is 0 Å². The van der Waals surface area contributed by atoms with E-state index in [1.54, 1.807) is 23.5 Å². The Morgan fingerprint density at radius 1 is 1.12 bits per heavy atom. The molecule has 1 aliphatic heterocycles. The highest BCUT2D eigenvalue weighted by molar-refractivity contribution is 7.89. The molecule has 0 atom stereocenters. The van der Waals surface area contributed by atoms with Gasteiger partial charge >= 0.3 is 0 Å². The van der Waals surface area contributed by atoms with Gasteiger partial charge in [-0.25, -0.2) is 8.42 Å². The highest BCUT2D eigenvalue weighted by Gasteiger charge is 2.31. The van der Waals surface area contributed by atoms with Crippen LogP contribution in [-0.4, -0.2) is 45.5 Å². The van der Waals surface area contributed by atoms with Crippen LogP contribution in [-0.2, 0) is 10.0 Å². The van der Waals surface area contributed by atoms with Gasteiger partial charge in [-0.05, 0) is 75.3 Å². The van der Waals surface area contributed by atoms with Gasteiger partial charge in [0.2, 0.25) is 10.0 Å². The minimum Gasteiger partial charge on any atom is -0.496 e. The predicted octanol–water partition coefficient (Wildman–Crippen LogP) is 2.46. The number of nitrogens with zero attached hydrogens (tertiary/aromatic N) is 1. The summed E-state index contributed by atoms with van der Waals surface area (Å²) in [5.74, 6) is 1.62. The van der Waals surface area contributed by atoms with Gasteiger partial charge in [-0.2, -0.15) is 4.31 Å². The summed E-state index contributed by atoms with van der Waals surface area (Å²) < 4.78 is 32.8. The quantitative estimate of drug-likeness (QED) is 0.854. The van der Waals surface area contributed by atoms with Crippen molar-refractivity contribution in [3.8, 4) is 5.75 Å². The number of aryl methyl sites for hydroxylation is 2. The van der Waals surface area contributed by atoms with Crippen molar-refractivity contribution in [1.82, 2.24) is 9.62 Å². The van der Waals surface area contributed by atoms with Gasteiger partial charge in [0.25, 0.3) is 0 Å². The molecule has 1 saturated heterocycles. The first-order valence-corrected chi connectivity index (χ1v) is 10.2. The summed E-state index contributed by atoms with van der Waals surface area (Å²) in [4.78, 5) is 0.377. The summed E-state index contributed by atoms with van der Waals surface area (Å²) in [6.45, 7) is 6.05. The van der Waals surface area contributed by atoms with E-state index in [1.807, 2.05) is 13.8 Å². The minimum absolute atomic E-state index is 0.377. The van der Waals surface area contributed by atoms with Gasteiger partial charge in [-0.1, -0.05) is 0 Å². The van der Waals surface area contributed by atoms with Crippen LogP contribution in [0.3, 0.4) is 0 Å². The maximum Gasteiger partial charge on any atom is 0.243 e. The third kappa shape index (κ3) is 3.76. The lowest BCUT2D eigenvalue weighted by Crippen LogP contribution is -2.45. The monoisotopic (exact) mass is 352 g/mol. The Morgan fingerprint density at radius 3 is 2.21 bits per heavy atom. The van der Waals surface area contributed by atoms with E-state index < -0.39 is 10.0 Å². The average molecular weight is 353 g/mol. The van der Waals surface area contributed by atoms with Gasteiger partial charge in [0.1, 0.15) is 5.75 Å². The zero-order chi connectivity index (χ0) is 17.3. The molecule has 2 aliphatic rings. The number of methoxy groups -OCH3 is 1. The summed E-state index contributed by atoms with van der Waals surface area (Å²) in [6.07, 6.45) is 4.47. The van der Waals surface area contributed by atoms with E-state index >= 15 is 0 Å². The summed E-state index contributed by atoms with van der Waals surface area (Å²) in [7, 11) is -1.81. The standard InChI is InChI=1S/C18H28N2O3S/c1-13-10-17(11-14(2)18(13)23-3)24(21,22)20-8-6-16(7-9-20)19-12-15-4-5-15/h10-11,15-16,19H,4-9,12H2,1-3H3. The Labute approximate surface area is 145 Å². The molecular formula is C18H28N2O3S. The van der Waals surface area contributed by atoms with Crippen molar-refractivity contribution in [2.45, 2.75) is 50.5 Å².